The topological polar surface area (TPSA) is 52.6 Å². The molecule has 0 spiro atoms. The molecule has 0 amide bonds. The van der Waals surface area contributed by atoms with E-state index in [2.05, 4.69) is 4.74 Å². The van der Waals surface area contributed by atoms with Gasteiger partial charge < -0.3 is 9.47 Å². The van der Waals surface area contributed by atoms with Gasteiger partial charge in [0.2, 0.25) is 0 Å². The summed E-state index contributed by atoms with van der Waals surface area (Å²) in [5.74, 6) is -0.735. The normalized spacial score (nSPS) is 14.9. The lowest BCUT2D eigenvalue weighted by Crippen LogP contribution is -2.02. The maximum Gasteiger partial charge on any atom is 0.347 e. The molecule has 0 atom stereocenters. The molecule has 0 fully saturated rings. The van der Waals surface area contributed by atoms with E-state index < -0.39 is 11.9 Å². The Labute approximate surface area is 86.1 Å². The molecule has 4 nitrogen and oxygen atoms in total. The van der Waals surface area contributed by atoms with Crippen LogP contribution in [0, 0.1) is 0 Å². The molecule has 0 radical (unpaired) electrons. The first-order chi connectivity index (χ1) is 7.22. The van der Waals surface area contributed by atoms with Crippen molar-refractivity contribution in [2.45, 2.75) is 0 Å². The van der Waals surface area contributed by atoms with Crippen LogP contribution in [-0.4, -0.2) is 19.0 Å². The first kappa shape index (κ1) is 9.45. The molecule has 2 rings (SSSR count). The smallest absolute Gasteiger partial charge is 0.347 e. The second kappa shape index (κ2) is 3.57. The minimum atomic E-state index is -0.638. The number of carbonyl (C=O) groups is 2. The maximum atomic E-state index is 11.3. The fourth-order valence-corrected chi connectivity index (χ4v) is 1.41. The predicted molar refractivity (Wildman–Crippen MR) is 52.1 cm³/mol. The van der Waals surface area contributed by atoms with Gasteiger partial charge in [-0.3, -0.25) is 0 Å². The first-order valence-electron chi connectivity index (χ1n) is 4.33. The van der Waals surface area contributed by atoms with Gasteiger partial charge in [0, 0.05) is 11.6 Å². The highest BCUT2D eigenvalue weighted by Gasteiger charge is 2.26. The van der Waals surface area contributed by atoms with E-state index in [4.69, 9.17) is 4.74 Å². The summed E-state index contributed by atoms with van der Waals surface area (Å²) >= 11 is 0. The van der Waals surface area contributed by atoms with E-state index in [1.54, 1.807) is 24.3 Å². The molecule has 0 saturated heterocycles. The minimum absolute atomic E-state index is 0.234. The Bertz CT molecular complexity index is 459. The van der Waals surface area contributed by atoms with E-state index in [1.165, 1.54) is 13.2 Å². The molecule has 0 aromatic heterocycles. The second-order valence-electron chi connectivity index (χ2n) is 2.97. The molecule has 0 bridgehead atoms. The highest BCUT2D eigenvalue weighted by Crippen LogP contribution is 2.28. The van der Waals surface area contributed by atoms with E-state index in [-0.39, 0.29) is 5.57 Å². The number of ether oxygens (including phenoxy) is 2. The highest BCUT2D eigenvalue weighted by molar-refractivity contribution is 6.28. The summed E-state index contributed by atoms with van der Waals surface area (Å²) in [5, 5.41) is 0. The number of para-hydroxylation sites is 1. The van der Waals surface area contributed by atoms with Crippen LogP contribution in [0.3, 0.4) is 0 Å². The third-order valence-electron chi connectivity index (χ3n) is 2.07. The molecule has 15 heavy (non-hydrogen) atoms. The van der Waals surface area contributed by atoms with Gasteiger partial charge in [-0.15, -0.1) is 0 Å². The van der Waals surface area contributed by atoms with Gasteiger partial charge in [-0.2, -0.15) is 0 Å². The van der Waals surface area contributed by atoms with E-state index in [0.717, 1.165) is 0 Å². The third kappa shape index (κ3) is 1.61. The average molecular weight is 204 g/mol. The van der Waals surface area contributed by atoms with Gasteiger partial charge in [-0.1, -0.05) is 18.2 Å². The lowest BCUT2D eigenvalue weighted by molar-refractivity contribution is -0.149. The zero-order valence-electron chi connectivity index (χ0n) is 8.02. The molecule has 0 N–H and O–H groups in total. The zero-order chi connectivity index (χ0) is 10.8. The van der Waals surface area contributed by atoms with Crippen LogP contribution in [0.4, 0.5) is 0 Å². The number of carbonyl (C=O) groups excluding carboxylic acids is 2. The minimum Gasteiger partial charge on any atom is -0.496 e. The number of esters is 2. The van der Waals surface area contributed by atoms with E-state index >= 15 is 0 Å². The fraction of sp³-hybridized carbons (Fsp3) is 0.0909. The quantitative estimate of drug-likeness (QED) is 0.536. The molecular weight excluding hydrogens is 196 g/mol. The third-order valence-corrected chi connectivity index (χ3v) is 2.07. The molecule has 76 valence electrons. The summed E-state index contributed by atoms with van der Waals surface area (Å²) in [7, 11) is 1.50. The SMILES string of the molecule is COc1ccccc1C1=CC(=O)OC1=O. The van der Waals surface area contributed by atoms with Gasteiger partial charge in [-0.05, 0) is 6.07 Å². The predicted octanol–water partition coefficient (Wildman–Crippen LogP) is 1.16. The van der Waals surface area contributed by atoms with Crippen molar-refractivity contribution in [1.29, 1.82) is 0 Å². The van der Waals surface area contributed by atoms with Crippen LogP contribution < -0.4 is 4.74 Å². The number of benzene rings is 1. The standard InChI is InChI=1S/C11H8O4/c1-14-9-5-3-2-4-7(9)8-6-10(12)15-11(8)13/h2-6H,1H3. The highest BCUT2D eigenvalue weighted by atomic mass is 16.6. The van der Waals surface area contributed by atoms with E-state index in [9.17, 15) is 9.59 Å². The van der Waals surface area contributed by atoms with Gasteiger partial charge in [0.25, 0.3) is 0 Å². The van der Waals surface area contributed by atoms with Crippen LogP contribution in [0.2, 0.25) is 0 Å². The van der Waals surface area contributed by atoms with Crippen molar-refractivity contribution in [3.63, 3.8) is 0 Å². The van der Waals surface area contributed by atoms with Gasteiger partial charge in [0.05, 0.1) is 12.7 Å². The monoisotopic (exact) mass is 204 g/mol. The summed E-state index contributed by atoms with van der Waals surface area (Å²) in [5.41, 5.74) is 0.799. The largest absolute Gasteiger partial charge is 0.496 e. The Hall–Kier alpha value is -2.10. The molecule has 0 saturated carbocycles. The van der Waals surface area contributed by atoms with Gasteiger partial charge in [0.1, 0.15) is 5.75 Å². The first-order valence-corrected chi connectivity index (χ1v) is 4.33. The van der Waals surface area contributed by atoms with Crippen molar-refractivity contribution >= 4 is 17.5 Å². The number of cyclic esters (lactones) is 2. The average Bonchev–Trinajstić information content (AvgIpc) is 2.57. The molecule has 4 heteroatoms. The van der Waals surface area contributed by atoms with Gasteiger partial charge in [0.15, 0.2) is 0 Å². The maximum absolute atomic E-state index is 11.3. The van der Waals surface area contributed by atoms with Gasteiger partial charge in [-0.25, -0.2) is 9.59 Å². The van der Waals surface area contributed by atoms with E-state index in [0.29, 0.717) is 11.3 Å². The second-order valence-corrected chi connectivity index (χ2v) is 2.97. The Balaban J connectivity index is 2.50. The van der Waals surface area contributed by atoms with Crippen molar-refractivity contribution in [2.75, 3.05) is 7.11 Å². The van der Waals surface area contributed by atoms with E-state index in [1.807, 2.05) is 0 Å². The lowest BCUT2D eigenvalue weighted by Gasteiger charge is -2.06. The molecule has 1 aliphatic heterocycles. The van der Waals surface area contributed by atoms with Crippen molar-refractivity contribution in [2.24, 2.45) is 0 Å². The van der Waals surface area contributed by atoms with Crippen molar-refractivity contribution in [3.8, 4) is 5.75 Å². The number of methoxy groups -OCH3 is 1. The van der Waals surface area contributed by atoms with Gasteiger partial charge >= 0.3 is 11.9 Å². The Kier molecular flexibility index (Phi) is 2.25. The summed E-state index contributed by atoms with van der Waals surface area (Å²) in [6, 6.07) is 6.95. The Morgan fingerprint density at radius 1 is 1.20 bits per heavy atom. The van der Waals surface area contributed by atoms with Crippen LogP contribution in [0.25, 0.3) is 5.57 Å². The Morgan fingerprint density at radius 3 is 2.53 bits per heavy atom. The molecule has 1 heterocycles. The van der Waals surface area contributed by atoms with Crippen molar-refractivity contribution in [1.82, 2.24) is 0 Å². The fourth-order valence-electron chi connectivity index (χ4n) is 1.41. The molecule has 0 aliphatic carbocycles. The number of hydrogen-bond donors (Lipinski definition) is 0. The zero-order valence-corrected chi connectivity index (χ0v) is 8.02. The van der Waals surface area contributed by atoms with Crippen LogP contribution >= 0.6 is 0 Å². The summed E-state index contributed by atoms with van der Waals surface area (Å²) < 4.78 is 9.48. The molecule has 1 aromatic carbocycles. The van der Waals surface area contributed by atoms with Crippen LogP contribution in [0.5, 0.6) is 5.75 Å². The molecule has 1 aliphatic rings. The number of rotatable bonds is 2. The van der Waals surface area contributed by atoms with Crippen LogP contribution in [0.1, 0.15) is 5.56 Å². The lowest BCUT2D eigenvalue weighted by atomic mass is 10.1. The van der Waals surface area contributed by atoms with Crippen molar-refractivity contribution in [3.05, 3.63) is 35.9 Å². The van der Waals surface area contributed by atoms with Crippen LogP contribution in [0.15, 0.2) is 30.3 Å². The van der Waals surface area contributed by atoms with Crippen LogP contribution in [-0.2, 0) is 14.3 Å². The molecule has 1 aromatic rings. The molecule has 0 unspecified atom stereocenters. The summed E-state index contributed by atoms with van der Waals surface area (Å²) in [4.78, 5) is 22.2. The molecular formula is C11H8O4. The Morgan fingerprint density at radius 2 is 1.93 bits per heavy atom. The van der Waals surface area contributed by atoms with Crippen molar-refractivity contribution < 1.29 is 19.1 Å². The summed E-state index contributed by atoms with van der Waals surface area (Å²) in [6.45, 7) is 0. The number of hydrogen-bond acceptors (Lipinski definition) is 4. The summed E-state index contributed by atoms with van der Waals surface area (Å²) in [6.07, 6.45) is 1.17.